The summed E-state index contributed by atoms with van der Waals surface area (Å²) in [6.07, 6.45) is -7.26. The van der Waals surface area contributed by atoms with E-state index in [0.717, 1.165) is 0 Å². The lowest BCUT2D eigenvalue weighted by atomic mass is 9.97. The lowest BCUT2D eigenvalue weighted by Crippen LogP contribution is -2.69. The summed E-state index contributed by atoms with van der Waals surface area (Å²) in [4.78, 5) is 12.9. The number of ether oxygens (including phenoxy) is 1. The predicted octanol–water partition coefficient (Wildman–Crippen LogP) is 2.88. The number of hydrogen-bond acceptors (Lipinski definition) is 3. The molecule has 0 bridgehead atoms. The van der Waals surface area contributed by atoms with Gasteiger partial charge in [-0.25, -0.2) is 0 Å². The van der Waals surface area contributed by atoms with Gasteiger partial charge in [0.15, 0.2) is 0 Å². The molecule has 0 N–H and O–H groups in total. The topological polar surface area (TPSA) is 32.8 Å². The minimum absolute atomic E-state index is 0.148. The second-order valence-electron chi connectivity index (χ2n) is 5.98. The van der Waals surface area contributed by atoms with Gasteiger partial charge in [0.2, 0.25) is 0 Å². The lowest BCUT2D eigenvalue weighted by molar-refractivity contribution is -0.417. The quantitative estimate of drug-likeness (QED) is 0.571. The van der Waals surface area contributed by atoms with Crippen molar-refractivity contribution in [3.05, 3.63) is 0 Å². The Labute approximate surface area is 151 Å². The van der Waals surface area contributed by atoms with Crippen molar-refractivity contribution in [3.8, 4) is 0 Å². The smallest absolute Gasteiger partial charge is 0.379 e. The molecule has 0 aromatic heterocycles. The van der Waals surface area contributed by atoms with Crippen molar-refractivity contribution in [2.24, 2.45) is 0 Å². The number of halogens is 11. The largest absolute Gasteiger partial charge is 0.460 e. The molecule has 1 rings (SSSR count). The van der Waals surface area contributed by atoms with Crippen molar-refractivity contribution in [3.63, 3.8) is 0 Å². The molecule has 0 atom stereocenters. The lowest BCUT2D eigenvalue weighted by Gasteiger charge is -2.37. The number of nitrogens with zero attached hydrogens (tertiary/aromatic N) is 2. The molecule has 15 heteroatoms. The summed E-state index contributed by atoms with van der Waals surface area (Å²) in [6, 6.07) is 0. The fourth-order valence-electron chi connectivity index (χ4n) is 2.16. The van der Waals surface area contributed by atoms with Crippen LogP contribution in [-0.4, -0.2) is 92.0 Å². The van der Waals surface area contributed by atoms with E-state index in [2.05, 4.69) is 0 Å². The van der Waals surface area contributed by atoms with Crippen LogP contribution < -0.4 is 0 Å². The van der Waals surface area contributed by atoms with Crippen molar-refractivity contribution in [2.45, 2.75) is 29.9 Å². The molecular formula is C13H15F11N2O2. The Hall–Kier alpha value is -1.38. The van der Waals surface area contributed by atoms with Gasteiger partial charge in [-0.3, -0.25) is 9.69 Å². The molecule has 1 amide bonds. The number of amides is 1. The summed E-state index contributed by atoms with van der Waals surface area (Å²) in [5, 5.41) is 0. The second-order valence-corrected chi connectivity index (χ2v) is 5.98. The molecular weight excluding hydrogens is 425 g/mol. The Morgan fingerprint density at radius 1 is 0.857 bits per heavy atom. The number of carbonyl (C=O) groups is 1. The number of likely N-dealkylation sites (N-methyl/N-ethyl adjacent to an activating group) is 1. The van der Waals surface area contributed by atoms with Crippen molar-refractivity contribution >= 4 is 5.91 Å². The summed E-state index contributed by atoms with van der Waals surface area (Å²) in [7, 11) is 0.493. The van der Waals surface area contributed by atoms with E-state index in [-0.39, 0.29) is 37.7 Å². The summed E-state index contributed by atoms with van der Waals surface area (Å²) in [5.41, 5.74) is 0. The highest BCUT2D eigenvalue weighted by Crippen LogP contribution is 2.57. The van der Waals surface area contributed by atoms with Gasteiger partial charge < -0.3 is 9.64 Å². The van der Waals surface area contributed by atoms with E-state index in [4.69, 9.17) is 4.74 Å². The van der Waals surface area contributed by atoms with Crippen LogP contribution in [0.4, 0.5) is 48.3 Å². The van der Waals surface area contributed by atoms with Crippen LogP contribution >= 0.6 is 0 Å². The van der Waals surface area contributed by atoms with Crippen LogP contribution in [0.1, 0.15) is 0 Å². The third kappa shape index (κ3) is 4.14. The first-order valence-corrected chi connectivity index (χ1v) is 7.55. The van der Waals surface area contributed by atoms with Gasteiger partial charge in [0.25, 0.3) is 5.91 Å². The van der Waals surface area contributed by atoms with Crippen LogP contribution in [0.25, 0.3) is 0 Å². The maximum absolute atomic E-state index is 13.7. The number of rotatable bonds is 7. The number of morpholine rings is 1. The third-order valence-corrected chi connectivity index (χ3v) is 4.01. The fraction of sp³-hybridized carbons (Fsp3) is 0.923. The highest BCUT2D eigenvalue weighted by molar-refractivity contribution is 5.84. The van der Waals surface area contributed by atoms with Gasteiger partial charge in [-0.05, 0) is 0 Å². The first-order valence-electron chi connectivity index (χ1n) is 7.55. The Morgan fingerprint density at radius 2 is 1.32 bits per heavy atom. The summed E-state index contributed by atoms with van der Waals surface area (Å²) < 4.78 is 147. The van der Waals surface area contributed by atoms with Gasteiger partial charge >= 0.3 is 29.9 Å². The molecule has 1 saturated heterocycles. The van der Waals surface area contributed by atoms with Crippen LogP contribution in [0.3, 0.4) is 0 Å². The SMILES string of the molecule is CN(CCN1CCOCC1)C(=O)C(F)(F)C(F)(F)C(F)(F)C(F)(F)C(F)(F)F. The zero-order valence-corrected chi connectivity index (χ0v) is 14.1. The van der Waals surface area contributed by atoms with Crippen molar-refractivity contribution in [1.29, 1.82) is 0 Å². The molecule has 166 valence electrons. The predicted molar refractivity (Wildman–Crippen MR) is 70.7 cm³/mol. The maximum atomic E-state index is 13.7. The zero-order valence-electron chi connectivity index (χ0n) is 14.1. The Balaban J connectivity index is 3.01. The average molecular weight is 440 g/mol. The molecule has 1 aliphatic rings. The normalized spacial score (nSPS) is 18.3. The van der Waals surface area contributed by atoms with Gasteiger partial charge in [-0.15, -0.1) is 0 Å². The highest BCUT2D eigenvalue weighted by atomic mass is 19.4. The molecule has 1 fully saturated rings. The summed E-state index contributed by atoms with van der Waals surface area (Å²) in [6.45, 7) is 0.165. The van der Waals surface area contributed by atoms with Gasteiger partial charge in [-0.2, -0.15) is 48.3 Å². The molecule has 0 aliphatic carbocycles. The monoisotopic (exact) mass is 440 g/mol. The van der Waals surface area contributed by atoms with Crippen LogP contribution in [0, 0.1) is 0 Å². The highest BCUT2D eigenvalue weighted by Gasteiger charge is 2.88. The first-order chi connectivity index (χ1) is 12.4. The van der Waals surface area contributed by atoms with E-state index in [9.17, 15) is 53.1 Å². The summed E-state index contributed by atoms with van der Waals surface area (Å²) in [5.74, 6) is -32.0. The Bertz CT molecular complexity index is 559. The molecule has 1 heterocycles. The van der Waals surface area contributed by atoms with E-state index in [1.165, 1.54) is 4.90 Å². The van der Waals surface area contributed by atoms with Crippen LogP contribution in [0.5, 0.6) is 0 Å². The Morgan fingerprint density at radius 3 is 1.75 bits per heavy atom. The van der Waals surface area contributed by atoms with Crippen molar-refractivity contribution in [1.82, 2.24) is 9.80 Å². The van der Waals surface area contributed by atoms with E-state index in [1.807, 2.05) is 0 Å². The van der Waals surface area contributed by atoms with Gasteiger partial charge in [-0.1, -0.05) is 0 Å². The molecule has 28 heavy (non-hydrogen) atoms. The van der Waals surface area contributed by atoms with E-state index >= 15 is 0 Å². The minimum atomic E-state index is -7.59. The minimum Gasteiger partial charge on any atom is -0.379 e. The first kappa shape index (κ1) is 24.7. The molecule has 4 nitrogen and oxygen atoms in total. The Kier molecular flexibility index (Phi) is 6.87. The molecule has 0 radical (unpaired) electrons. The van der Waals surface area contributed by atoms with Gasteiger partial charge in [0.05, 0.1) is 13.2 Å². The number of alkyl halides is 11. The van der Waals surface area contributed by atoms with Crippen LogP contribution in [0.2, 0.25) is 0 Å². The standard InChI is InChI=1S/C13H15F11N2O2/c1-25(2-3-26-4-6-28-7-5-26)8(27)9(14,15)10(16,17)11(18,19)12(20,21)13(22,23)24/h2-7H2,1H3. The molecule has 0 saturated carbocycles. The second kappa shape index (κ2) is 7.80. The van der Waals surface area contributed by atoms with Crippen LogP contribution in [-0.2, 0) is 9.53 Å². The fourth-order valence-corrected chi connectivity index (χ4v) is 2.16. The van der Waals surface area contributed by atoms with Gasteiger partial charge in [0, 0.05) is 33.2 Å². The molecule has 0 unspecified atom stereocenters. The molecule has 0 spiro atoms. The van der Waals surface area contributed by atoms with E-state index in [1.54, 1.807) is 0 Å². The third-order valence-electron chi connectivity index (χ3n) is 4.01. The molecule has 1 aliphatic heterocycles. The van der Waals surface area contributed by atoms with E-state index < -0.39 is 42.3 Å². The summed E-state index contributed by atoms with van der Waals surface area (Å²) >= 11 is 0. The van der Waals surface area contributed by atoms with Gasteiger partial charge in [0.1, 0.15) is 0 Å². The van der Waals surface area contributed by atoms with Crippen molar-refractivity contribution < 1.29 is 57.8 Å². The zero-order chi connectivity index (χ0) is 22.2. The maximum Gasteiger partial charge on any atom is 0.460 e. The molecule has 0 aromatic rings. The molecule has 0 aromatic carbocycles. The van der Waals surface area contributed by atoms with Crippen LogP contribution in [0.15, 0.2) is 0 Å². The number of carbonyl (C=O) groups excluding carboxylic acids is 1. The number of hydrogen-bond donors (Lipinski definition) is 0. The van der Waals surface area contributed by atoms with Crippen molar-refractivity contribution in [2.75, 3.05) is 46.4 Å². The average Bonchev–Trinajstić information content (AvgIpc) is 2.58. The van der Waals surface area contributed by atoms with E-state index in [0.29, 0.717) is 7.05 Å².